The predicted octanol–water partition coefficient (Wildman–Crippen LogP) is 3.14. The van der Waals surface area contributed by atoms with E-state index in [9.17, 15) is 4.79 Å². The van der Waals surface area contributed by atoms with Gasteiger partial charge in [0.15, 0.2) is 0 Å². The van der Waals surface area contributed by atoms with Crippen molar-refractivity contribution in [1.82, 2.24) is 20.7 Å². The quantitative estimate of drug-likeness (QED) is 0.730. The minimum absolute atomic E-state index is 0.0483. The van der Waals surface area contributed by atoms with Gasteiger partial charge < -0.3 is 9.80 Å². The molecule has 168 valence electrons. The van der Waals surface area contributed by atoms with E-state index in [0.29, 0.717) is 11.6 Å². The van der Waals surface area contributed by atoms with Gasteiger partial charge >= 0.3 is 0 Å². The Labute approximate surface area is 185 Å². The molecule has 2 fully saturated rings. The number of hydrogen-bond donors (Lipinski definition) is 2. The highest BCUT2D eigenvalue weighted by Gasteiger charge is 2.46. The smallest absolute Gasteiger partial charge is 0.255 e. The first-order valence-electron chi connectivity index (χ1n) is 11.6. The molecule has 2 aliphatic heterocycles. The molecule has 0 bridgehead atoms. The van der Waals surface area contributed by atoms with E-state index < -0.39 is 0 Å². The molecular weight excluding hydrogens is 390 g/mol. The molecule has 7 nitrogen and oxygen atoms in total. The van der Waals surface area contributed by atoms with Gasteiger partial charge in [-0.1, -0.05) is 13.0 Å². The highest BCUT2D eigenvalue weighted by molar-refractivity contribution is 5.95. The number of carbonyl (C=O) groups excluding carboxylic acids is 1. The molecule has 2 N–H and O–H groups in total. The van der Waals surface area contributed by atoms with Crippen LogP contribution >= 0.6 is 0 Å². The first-order valence-corrected chi connectivity index (χ1v) is 11.6. The Morgan fingerprint density at radius 3 is 3.03 bits per heavy atom. The molecule has 1 aliphatic carbocycles. The van der Waals surface area contributed by atoms with Gasteiger partial charge in [0.2, 0.25) is 0 Å². The van der Waals surface area contributed by atoms with Crippen molar-refractivity contribution in [3.8, 4) is 0 Å². The van der Waals surface area contributed by atoms with Gasteiger partial charge in [0, 0.05) is 31.0 Å². The van der Waals surface area contributed by atoms with Crippen molar-refractivity contribution in [2.45, 2.75) is 64.8 Å². The van der Waals surface area contributed by atoms with Crippen molar-refractivity contribution < 1.29 is 9.63 Å². The molecule has 1 amide bonds. The fourth-order valence-corrected chi connectivity index (χ4v) is 4.62. The van der Waals surface area contributed by atoms with E-state index in [0.717, 1.165) is 48.9 Å². The van der Waals surface area contributed by atoms with Gasteiger partial charge in [-0.15, -0.1) is 0 Å². The second kappa shape index (κ2) is 9.51. The topological polar surface area (TPSA) is 69.7 Å². The Kier molecular flexibility index (Phi) is 6.74. The van der Waals surface area contributed by atoms with E-state index >= 15 is 0 Å². The summed E-state index contributed by atoms with van der Waals surface area (Å²) in [6, 6.07) is 2.46. The molecule has 4 atom stereocenters. The summed E-state index contributed by atoms with van der Waals surface area (Å²) >= 11 is 0. The summed E-state index contributed by atoms with van der Waals surface area (Å²) in [5, 5.41) is 3.21. The lowest BCUT2D eigenvalue weighted by molar-refractivity contribution is -0.00897. The van der Waals surface area contributed by atoms with Crippen molar-refractivity contribution in [3.63, 3.8) is 0 Å². The van der Waals surface area contributed by atoms with Crippen LogP contribution in [-0.4, -0.2) is 54.2 Å². The van der Waals surface area contributed by atoms with Crippen molar-refractivity contribution in [3.05, 3.63) is 47.3 Å². The van der Waals surface area contributed by atoms with Gasteiger partial charge in [0.1, 0.15) is 12.0 Å². The summed E-state index contributed by atoms with van der Waals surface area (Å²) in [7, 11) is 1.89. The number of hydrogen-bond acceptors (Lipinski definition) is 6. The van der Waals surface area contributed by atoms with Crippen LogP contribution in [-0.2, 0) is 4.84 Å². The molecule has 1 aromatic rings. The fraction of sp³-hybridized carbons (Fsp3) is 0.583. The Balaban J connectivity index is 1.61. The van der Waals surface area contributed by atoms with Crippen molar-refractivity contribution in [2.24, 2.45) is 5.92 Å². The number of aromatic nitrogens is 1. The molecule has 0 radical (unpaired) electrons. The van der Waals surface area contributed by atoms with Crippen LogP contribution in [0.1, 0.15) is 55.5 Å². The number of allylic oxidation sites excluding steroid dienone is 1. The van der Waals surface area contributed by atoms with E-state index in [1.165, 1.54) is 12.8 Å². The lowest BCUT2D eigenvalue weighted by atomic mass is 10.1. The second-order valence-corrected chi connectivity index (χ2v) is 8.88. The van der Waals surface area contributed by atoms with Gasteiger partial charge in [-0.2, -0.15) is 5.48 Å². The number of rotatable bonds is 6. The molecule has 1 saturated heterocycles. The fourth-order valence-electron chi connectivity index (χ4n) is 4.62. The van der Waals surface area contributed by atoms with Crippen LogP contribution in [0.3, 0.4) is 0 Å². The van der Waals surface area contributed by atoms with Gasteiger partial charge in [-0.25, -0.2) is 4.98 Å². The summed E-state index contributed by atoms with van der Waals surface area (Å²) in [6.45, 7) is 7.91. The average Bonchev–Trinajstić information content (AvgIpc) is 3.55. The standard InChI is InChI=1S/C24H35N5O2/c1-5-10-28(20-9-8-17(3)31-27-22(14-20)25-4)23-16(2)12-19(15-26-23)24(30)29-11-6-7-18-13-21(18)29/h8-9,12,14-15,17-18,21-22,25,27H,5-7,10-11,13H2,1-4H3/b9-8-,20-14+. The maximum atomic E-state index is 13.1. The zero-order chi connectivity index (χ0) is 22.0. The Morgan fingerprint density at radius 1 is 1.45 bits per heavy atom. The summed E-state index contributed by atoms with van der Waals surface area (Å²) in [5.41, 5.74) is 5.81. The van der Waals surface area contributed by atoms with Crippen molar-refractivity contribution in [2.75, 3.05) is 25.0 Å². The van der Waals surface area contributed by atoms with E-state index in [4.69, 9.17) is 9.82 Å². The molecule has 0 spiro atoms. The Bertz CT molecular complexity index is 868. The summed E-state index contributed by atoms with van der Waals surface area (Å²) < 4.78 is 0. The van der Waals surface area contributed by atoms with Crippen LogP contribution in [0.4, 0.5) is 5.82 Å². The number of nitrogens with one attached hydrogen (secondary N) is 2. The predicted molar refractivity (Wildman–Crippen MR) is 123 cm³/mol. The Hall–Kier alpha value is -2.22. The number of likely N-dealkylation sites (tertiary alicyclic amines) is 1. The monoisotopic (exact) mass is 425 g/mol. The first kappa shape index (κ1) is 22.0. The SMILES string of the molecule is CCCN(C1=C/C(NC)NOC(C)/C=C\1)c1ncc(C(=O)N2CCCC3CC32)cc1C. The zero-order valence-electron chi connectivity index (χ0n) is 19.1. The lowest BCUT2D eigenvalue weighted by Crippen LogP contribution is -2.42. The number of pyridine rings is 1. The maximum absolute atomic E-state index is 13.1. The number of piperidine rings is 1. The highest BCUT2D eigenvalue weighted by Crippen LogP contribution is 2.43. The molecular formula is C24H35N5O2. The summed E-state index contributed by atoms with van der Waals surface area (Å²) in [6.07, 6.45) is 12.3. The summed E-state index contributed by atoms with van der Waals surface area (Å²) in [4.78, 5) is 27.8. The number of likely N-dealkylation sites (N-methyl/N-ethyl adjacent to an activating group) is 1. The first-order chi connectivity index (χ1) is 15.0. The van der Waals surface area contributed by atoms with Gasteiger partial charge in [0.05, 0.1) is 11.7 Å². The number of nitrogens with zero attached hydrogens (tertiary/aromatic N) is 3. The molecule has 1 saturated carbocycles. The number of fused-ring (bicyclic) bond motifs is 1. The van der Waals surface area contributed by atoms with E-state index in [2.05, 4.69) is 39.7 Å². The van der Waals surface area contributed by atoms with Crippen LogP contribution in [0.2, 0.25) is 0 Å². The average molecular weight is 426 g/mol. The largest absolute Gasteiger partial charge is 0.335 e. The third kappa shape index (κ3) is 4.84. The molecule has 7 heteroatoms. The third-order valence-electron chi connectivity index (χ3n) is 6.40. The van der Waals surface area contributed by atoms with Crippen LogP contribution in [0.15, 0.2) is 36.2 Å². The van der Waals surface area contributed by atoms with E-state index in [-0.39, 0.29) is 18.2 Å². The minimum Gasteiger partial charge on any atom is -0.335 e. The number of amides is 1. The molecule has 3 aliphatic rings. The summed E-state index contributed by atoms with van der Waals surface area (Å²) in [5.74, 6) is 1.75. The van der Waals surface area contributed by atoms with E-state index in [1.54, 1.807) is 6.20 Å². The molecule has 3 heterocycles. The van der Waals surface area contributed by atoms with Crippen LogP contribution in [0.5, 0.6) is 0 Å². The minimum atomic E-state index is -0.117. The third-order valence-corrected chi connectivity index (χ3v) is 6.40. The highest BCUT2D eigenvalue weighted by atomic mass is 16.7. The molecule has 31 heavy (non-hydrogen) atoms. The molecule has 4 unspecified atom stereocenters. The van der Waals surface area contributed by atoms with Crippen LogP contribution < -0.4 is 15.7 Å². The van der Waals surface area contributed by atoms with Gasteiger partial charge in [-0.05, 0) is 76.3 Å². The van der Waals surface area contributed by atoms with Crippen molar-refractivity contribution >= 4 is 11.7 Å². The number of aryl methyl sites for hydroxylation is 1. The van der Waals surface area contributed by atoms with Gasteiger partial charge in [-0.3, -0.25) is 14.9 Å². The number of hydroxylamine groups is 1. The molecule has 0 aromatic carbocycles. The lowest BCUT2D eigenvalue weighted by Gasteiger charge is -2.30. The van der Waals surface area contributed by atoms with E-state index in [1.807, 2.05) is 33.0 Å². The number of carbonyl (C=O) groups is 1. The van der Waals surface area contributed by atoms with Crippen LogP contribution in [0, 0.1) is 12.8 Å². The van der Waals surface area contributed by atoms with Crippen LogP contribution in [0.25, 0.3) is 0 Å². The van der Waals surface area contributed by atoms with Gasteiger partial charge in [0.25, 0.3) is 5.91 Å². The Morgan fingerprint density at radius 2 is 2.29 bits per heavy atom. The van der Waals surface area contributed by atoms with Crippen molar-refractivity contribution in [1.29, 1.82) is 0 Å². The normalized spacial score (nSPS) is 30.5. The molecule has 1 aromatic heterocycles. The zero-order valence-corrected chi connectivity index (χ0v) is 19.1. The second-order valence-electron chi connectivity index (χ2n) is 8.88. The maximum Gasteiger partial charge on any atom is 0.255 e. The molecule has 4 rings (SSSR count). The number of anilines is 1.